The second-order valence-corrected chi connectivity index (χ2v) is 4.72. The first-order chi connectivity index (χ1) is 10.6. The highest BCUT2D eigenvalue weighted by Crippen LogP contribution is 2.38. The molecule has 2 aromatic heterocycles. The minimum absolute atomic E-state index is 0.227. The van der Waals surface area contributed by atoms with E-state index in [1.807, 2.05) is 6.92 Å². The summed E-state index contributed by atoms with van der Waals surface area (Å²) < 4.78 is 16.5. The Labute approximate surface area is 127 Å². The molecule has 0 bridgehead atoms. The molecule has 0 aliphatic carbocycles. The quantitative estimate of drug-likeness (QED) is 0.872. The van der Waals surface area contributed by atoms with Crippen LogP contribution in [0.1, 0.15) is 25.8 Å². The predicted octanol–water partition coefficient (Wildman–Crippen LogP) is 1.49. The summed E-state index contributed by atoms with van der Waals surface area (Å²) in [5.41, 5.74) is 12.7. The Morgan fingerprint density at radius 3 is 2.59 bits per heavy atom. The van der Waals surface area contributed by atoms with Gasteiger partial charge in [-0.15, -0.1) is 0 Å². The third-order valence-electron chi connectivity index (χ3n) is 3.10. The lowest BCUT2D eigenvalue weighted by atomic mass is 10.2. The summed E-state index contributed by atoms with van der Waals surface area (Å²) in [7, 11) is 0. The molecule has 0 atom stereocenters. The molecule has 0 unspecified atom stereocenters. The van der Waals surface area contributed by atoms with E-state index in [1.165, 1.54) is 0 Å². The minimum atomic E-state index is -0.609. The van der Waals surface area contributed by atoms with Crippen molar-refractivity contribution in [1.29, 1.82) is 0 Å². The van der Waals surface area contributed by atoms with Gasteiger partial charge in [-0.05, 0) is 26.0 Å². The molecule has 22 heavy (non-hydrogen) atoms. The number of nitrogens with two attached hydrogens (primary N) is 2. The first-order valence-corrected chi connectivity index (χ1v) is 6.91. The van der Waals surface area contributed by atoms with E-state index in [0.717, 1.165) is 0 Å². The van der Waals surface area contributed by atoms with Crippen molar-refractivity contribution in [2.24, 2.45) is 0 Å². The average molecular weight is 303 g/mol. The van der Waals surface area contributed by atoms with Gasteiger partial charge in [-0.1, -0.05) is 0 Å². The van der Waals surface area contributed by atoms with Gasteiger partial charge in [0.2, 0.25) is 6.29 Å². The van der Waals surface area contributed by atoms with Crippen LogP contribution in [0.25, 0.3) is 11.4 Å². The third-order valence-corrected chi connectivity index (χ3v) is 3.10. The van der Waals surface area contributed by atoms with Crippen LogP contribution in [-0.2, 0) is 9.47 Å². The van der Waals surface area contributed by atoms with Crippen molar-refractivity contribution in [2.45, 2.75) is 26.4 Å². The van der Waals surface area contributed by atoms with Gasteiger partial charge in [-0.2, -0.15) is 0 Å². The van der Waals surface area contributed by atoms with Gasteiger partial charge < -0.3 is 25.7 Å². The fourth-order valence-electron chi connectivity index (χ4n) is 2.09. The van der Waals surface area contributed by atoms with Crippen LogP contribution in [0, 0.1) is 0 Å². The molecule has 3 heterocycles. The SMILES string of the molecule is CCOc1c(N)nc(-c2ccc(N)nc2)nc1C1OC(C)O1. The lowest BCUT2D eigenvalue weighted by Crippen LogP contribution is -2.33. The Bertz CT molecular complexity index is 671. The van der Waals surface area contributed by atoms with Gasteiger partial charge >= 0.3 is 0 Å². The average Bonchev–Trinajstić information content (AvgIpc) is 2.47. The summed E-state index contributed by atoms with van der Waals surface area (Å²) in [5.74, 6) is 1.44. The molecule has 1 fully saturated rings. The van der Waals surface area contributed by atoms with Crippen molar-refractivity contribution < 1.29 is 14.2 Å². The number of nitrogens with zero attached hydrogens (tertiary/aromatic N) is 3. The maximum Gasteiger partial charge on any atom is 0.210 e. The van der Waals surface area contributed by atoms with Gasteiger partial charge in [0.1, 0.15) is 11.5 Å². The van der Waals surface area contributed by atoms with Gasteiger partial charge in [0.05, 0.1) is 6.61 Å². The van der Waals surface area contributed by atoms with E-state index in [9.17, 15) is 0 Å². The number of nitrogen functional groups attached to an aromatic ring is 2. The molecule has 1 aliphatic heterocycles. The van der Waals surface area contributed by atoms with Crippen molar-refractivity contribution in [2.75, 3.05) is 18.1 Å². The Kier molecular flexibility index (Phi) is 3.78. The predicted molar refractivity (Wildman–Crippen MR) is 79.6 cm³/mol. The summed E-state index contributed by atoms with van der Waals surface area (Å²) >= 11 is 0. The van der Waals surface area contributed by atoms with Crippen LogP contribution >= 0.6 is 0 Å². The van der Waals surface area contributed by atoms with Gasteiger partial charge in [0.15, 0.2) is 23.7 Å². The summed E-state index contributed by atoms with van der Waals surface area (Å²) in [6, 6.07) is 3.44. The molecule has 0 amide bonds. The monoisotopic (exact) mass is 303 g/mol. The van der Waals surface area contributed by atoms with Crippen molar-refractivity contribution in [1.82, 2.24) is 15.0 Å². The topological polar surface area (TPSA) is 118 Å². The third kappa shape index (κ3) is 2.66. The van der Waals surface area contributed by atoms with Crippen LogP contribution in [0.4, 0.5) is 11.6 Å². The minimum Gasteiger partial charge on any atom is -0.488 e. The number of aromatic nitrogens is 3. The first kappa shape index (κ1) is 14.5. The zero-order valence-electron chi connectivity index (χ0n) is 12.3. The van der Waals surface area contributed by atoms with E-state index in [0.29, 0.717) is 35.3 Å². The van der Waals surface area contributed by atoms with Gasteiger partial charge in [0.25, 0.3) is 0 Å². The summed E-state index contributed by atoms with van der Waals surface area (Å²) in [6.07, 6.45) is 0.693. The van der Waals surface area contributed by atoms with Crippen LogP contribution in [0.2, 0.25) is 0 Å². The van der Waals surface area contributed by atoms with Crippen molar-refractivity contribution in [3.63, 3.8) is 0 Å². The lowest BCUT2D eigenvalue weighted by molar-refractivity contribution is -0.384. The molecule has 0 spiro atoms. The molecule has 1 saturated heterocycles. The zero-order valence-corrected chi connectivity index (χ0v) is 12.3. The van der Waals surface area contributed by atoms with E-state index in [2.05, 4.69) is 15.0 Å². The van der Waals surface area contributed by atoms with Crippen molar-refractivity contribution in [3.05, 3.63) is 24.0 Å². The Morgan fingerprint density at radius 2 is 2.00 bits per heavy atom. The first-order valence-electron chi connectivity index (χ1n) is 6.91. The molecule has 0 saturated carbocycles. The van der Waals surface area contributed by atoms with Gasteiger partial charge in [-0.3, -0.25) is 0 Å². The highest BCUT2D eigenvalue weighted by Gasteiger charge is 2.34. The molecule has 8 nitrogen and oxygen atoms in total. The van der Waals surface area contributed by atoms with E-state index in [4.69, 9.17) is 25.7 Å². The Balaban J connectivity index is 2.03. The molecule has 1 aliphatic rings. The van der Waals surface area contributed by atoms with Crippen LogP contribution in [-0.4, -0.2) is 27.8 Å². The highest BCUT2D eigenvalue weighted by molar-refractivity contribution is 5.61. The number of hydrogen-bond donors (Lipinski definition) is 2. The van der Waals surface area contributed by atoms with Crippen LogP contribution in [0.3, 0.4) is 0 Å². The summed E-state index contributed by atoms with van der Waals surface area (Å²) in [4.78, 5) is 12.8. The lowest BCUT2D eigenvalue weighted by Gasteiger charge is -2.34. The van der Waals surface area contributed by atoms with Crippen LogP contribution in [0.5, 0.6) is 5.75 Å². The molecular weight excluding hydrogens is 286 g/mol. The largest absolute Gasteiger partial charge is 0.488 e. The highest BCUT2D eigenvalue weighted by atomic mass is 16.9. The maximum absolute atomic E-state index is 5.99. The fourth-order valence-corrected chi connectivity index (χ4v) is 2.09. The molecule has 4 N–H and O–H groups in total. The van der Waals surface area contributed by atoms with Crippen molar-refractivity contribution >= 4 is 11.6 Å². The second kappa shape index (κ2) is 5.74. The number of ether oxygens (including phenoxy) is 3. The van der Waals surface area contributed by atoms with E-state index in [1.54, 1.807) is 25.3 Å². The Morgan fingerprint density at radius 1 is 1.23 bits per heavy atom. The smallest absolute Gasteiger partial charge is 0.210 e. The number of hydrogen-bond acceptors (Lipinski definition) is 8. The normalized spacial score (nSPS) is 20.5. The standard InChI is InChI=1S/C14H17N5O3/c1-3-20-11-10(14-21-7(2)22-14)18-13(19-12(11)16)8-4-5-9(15)17-6-8/h4-7,14H,3H2,1-2H3,(H2,15,17)(H2,16,18,19). The summed E-state index contributed by atoms with van der Waals surface area (Å²) in [6.45, 7) is 4.09. The van der Waals surface area contributed by atoms with Crippen LogP contribution < -0.4 is 16.2 Å². The maximum atomic E-state index is 5.99. The Hall–Kier alpha value is -2.45. The molecular formula is C14H17N5O3. The number of anilines is 2. The molecule has 8 heteroatoms. The molecule has 116 valence electrons. The van der Waals surface area contributed by atoms with E-state index < -0.39 is 6.29 Å². The second-order valence-electron chi connectivity index (χ2n) is 4.72. The molecule has 3 rings (SSSR count). The van der Waals surface area contributed by atoms with Gasteiger partial charge in [0, 0.05) is 11.8 Å². The van der Waals surface area contributed by atoms with Crippen molar-refractivity contribution in [3.8, 4) is 17.1 Å². The molecule has 0 aromatic carbocycles. The number of pyridine rings is 1. The van der Waals surface area contributed by atoms with Gasteiger partial charge in [-0.25, -0.2) is 15.0 Å². The molecule has 2 aromatic rings. The zero-order chi connectivity index (χ0) is 15.7. The van der Waals surface area contributed by atoms with Crippen LogP contribution in [0.15, 0.2) is 18.3 Å². The van der Waals surface area contributed by atoms with E-state index in [-0.39, 0.29) is 12.1 Å². The summed E-state index contributed by atoms with van der Waals surface area (Å²) in [5, 5.41) is 0. The fraction of sp³-hybridized carbons (Fsp3) is 0.357. The van der Waals surface area contributed by atoms with E-state index >= 15 is 0 Å². The molecule has 0 radical (unpaired) electrons. The number of rotatable bonds is 4.